The van der Waals surface area contributed by atoms with Crippen LogP contribution in [0.25, 0.3) is 22.2 Å². The third kappa shape index (κ3) is 6.15. The molecule has 1 aromatic heterocycles. The van der Waals surface area contributed by atoms with Crippen LogP contribution in [0.3, 0.4) is 0 Å². The van der Waals surface area contributed by atoms with Gasteiger partial charge in [0.1, 0.15) is 11.2 Å². The van der Waals surface area contributed by atoms with Crippen molar-refractivity contribution in [3.8, 4) is 11.3 Å². The van der Waals surface area contributed by atoms with E-state index in [1.807, 2.05) is 65.8 Å². The minimum atomic E-state index is -0.708. The lowest BCUT2D eigenvalue weighted by atomic mass is 10.00. The van der Waals surface area contributed by atoms with Crippen molar-refractivity contribution in [1.29, 1.82) is 0 Å². The molecule has 3 aromatic rings. The van der Waals surface area contributed by atoms with E-state index in [0.29, 0.717) is 47.0 Å². The van der Waals surface area contributed by atoms with Gasteiger partial charge in [-0.1, -0.05) is 17.7 Å². The number of carbonyl (C=O) groups is 3. The summed E-state index contributed by atoms with van der Waals surface area (Å²) in [4.78, 5) is 40.5. The molecule has 2 aliphatic heterocycles. The molecule has 0 aliphatic carbocycles. The molecule has 3 heterocycles. The van der Waals surface area contributed by atoms with E-state index < -0.39 is 17.3 Å². The molecule has 1 saturated heterocycles. The van der Waals surface area contributed by atoms with E-state index in [0.717, 1.165) is 29.5 Å². The standard InChI is InChI=1S/C31H37ClN4O5/c1-30(2,3)40-28(38)35-13-11-19(12-14-35)34-20-7-10-24-18(15-20)16-25(36(24)29(39)41-31(4,5)6)21-8-9-23(32)22-17-33-27(37)26(21)22/h7-10,15-16,19,34H,11-14,17H2,1-6H3,(H,33,37). The fourth-order valence-electron chi connectivity index (χ4n) is 5.30. The topological polar surface area (TPSA) is 102 Å². The van der Waals surface area contributed by atoms with Crippen molar-refractivity contribution in [1.82, 2.24) is 14.8 Å². The van der Waals surface area contributed by atoms with Crippen molar-refractivity contribution < 1.29 is 23.9 Å². The number of hydrogen-bond donors (Lipinski definition) is 2. The Hall–Kier alpha value is -3.72. The number of nitrogens with one attached hydrogen (secondary N) is 2. The first-order valence-electron chi connectivity index (χ1n) is 13.9. The first kappa shape index (κ1) is 28.8. The second-order valence-corrected chi connectivity index (χ2v) is 13.0. The lowest BCUT2D eigenvalue weighted by molar-refractivity contribution is 0.0210. The third-order valence-electron chi connectivity index (χ3n) is 7.08. The molecule has 2 N–H and O–H groups in total. The highest BCUT2D eigenvalue weighted by Gasteiger charge is 2.30. The van der Waals surface area contributed by atoms with Crippen molar-refractivity contribution in [3.63, 3.8) is 0 Å². The van der Waals surface area contributed by atoms with Gasteiger partial charge in [0.15, 0.2) is 0 Å². The van der Waals surface area contributed by atoms with Gasteiger partial charge < -0.3 is 25.0 Å². The number of anilines is 1. The number of hydrogen-bond acceptors (Lipinski definition) is 6. The summed E-state index contributed by atoms with van der Waals surface area (Å²) < 4.78 is 12.8. The zero-order valence-corrected chi connectivity index (χ0v) is 25.1. The number of piperidine rings is 1. The van der Waals surface area contributed by atoms with E-state index in [9.17, 15) is 14.4 Å². The Morgan fingerprint density at radius 2 is 1.61 bits per heavy atom. The minimum Gasteiger partial charge on any atom is -0.444 e. The fourth-order valence-corrected chi connectivity index (χ4v) is 5.53. The van der Waals surface area contributed by atoms with Crippen LogP contribution in [0.1, 0.15) is 70.3 Å². The number of halogens is 1. The van der Waals surface area contributed by atoms with Gasteiger partial charge in [0.05, 0.1) is 16.8 Å². The molecule has 2 aliphatic rings. The first-order chi connectivity index (χ1) is 19.2. The smallest absolute Gasteiger partial charge is 0.419 e. The Balaban J connectivity index is 1.45. The lowest BCUT2D eigenvalue weighted by Crippen LogP contribution is -2.44. The number of benzene rings is 2. The SMILES string of the molecule is CC(C)(C)OC(=O)N1CCC(Nc2ccc3c(c2)cc(-c2ccc(Cl)c4c2C(=O)NC4)n3C(=O)OC(C)(C)C)CC1. The predicted octanol–water partition coefficient (Wildman–Crippen LogP) is 6.80. The molecule has 0 unspecified atom stereocenters. The van der Waals surface area contributed by atoms with Crippen LogP contribution in [0.4, 0.5) is 15.3 Å². The summed E-state index contributed by atoms with van der Waals surface area (Å²) in [5.41, 5.74) is 2.70. The van der Waals surface area contributed by atoms with Gasteiger partial charge in [-0.25, -0.2) is 14.2 Å². The molecule has 0 atom stereocenters. The van der Waals surface area contributed by atoms with Crippen molar-refractivity contribution in [2.24, 2.45) is 0 Å². The van der Waals surface area contributed by atoms with Crippen molar-refractivity contribution in [2.75, 3.05) is 18.4 Å². The number of fused-ring (bicyclic) bond motifs is 2. The van der Waals surface area contributed by atoms with Gasteiger partial charge in [-0.15, -0.1) is 0 Å². The van der Waals surface area contributed by atoms with Crippen LogP contribution >= 0.6 is 11.6 Å². The molecule has 9 nitrogen and oxygen atoms in total. The summed E-state index contributed by atoms with van der Waals surface area (Å²) in [6.07, 6.45) is 0.761. The summed E-state index contributed by atoms with van der Waals surface area (Å²) in [5, 5.41) is 7.76. The first-order valence-corrected chi connectivity index (χ1v) is 14.3. The third-order valence-corrected chi connectivity index (χ3v) is 7.43. The Labute approximate surface area is 245 Å². The normalized spacial score (nSPS) is 16.0. The summed E-state index contributed by atoms with van der Waals surface area (Å²) in [5.74, 6) is -0.224. The average Bonchev–Trinajstić information content (AvgIpc) is 3.44. The maximum atomic E-state index is 13.5. The maximum absolute atomic E-state index is 13.5. The van der Waals surface area contributed by atoms with Crippen LogP contribution in [-0.2, 0) is 16.0 Å². The Morgan fingerprint density at radius 3 is 2.27 bits per heavy atom. The van der Waals surface area contributed by atoms with E-state index in [-0.39, 0.29) is 18.0 Å². The molecule has 2 amide bonds. The molecule has 0 saturated carbocycles. The van der Waals surface area contributed by atoms with E-state index in [1.165, 1.54) is 4.57 Å². The van der Waals surface area contributed by atoms with Crippen LogP contribution in [-0.4, -0.2) is 57.9 Å². The lowest BCUT2D eigenvalue weighted by Gasteiger charge is -2.34. The van der Waals surface area contributed by atoms with Crippen LogP contribution in [0.15, 0.2) is 36.4 Å². The zero-order chi connectivity index (χ0) is 29.7. The van der Waals surface area contributed by atoms with Crippen molar-refractivity contribution in [3.05, 3.63) is 52.5 Å². The highest BCUT2D eigenvalue weighted by atomic mass is 35.5. The van der Waals surface area contributed by atoms with E-state index in [2.05, 4.69) is 10.6 Å². The molecule has 41 heavy (non-hydrogen) atoms. The van der Waals surface area contributed by atoms with Gasteiger partial charge in [-0.3, -0.25) is 4.79 Å². The van der Waals surface area contributed by atoms with Crippen LogP contribution < -0.4 is 10.6 Å². The maximum Gasteiger partial charge on any atom is 0.419 e. The second kappa shape index (κ2) is 10.6. The van der Waals surface area contributed by atoms with Gasteiger partial charge in [0, 0.05) is 52.9 Å². The summed E-state index contributed by atoms with van der Waals surface area (Å²) >= 11 is 6.40. The number of amides is 2. The number of nitrogens with zero attached hydrogens (tertiary/aromatic N) is 2. The van der Waals surface area contributed by atoms with Gasteiger partial charge in [-0.05, 0) is 84.7 Å². The number of aromatic nitrogens is 1. The quantitative estimate of drug-likeness (QED) is 0.353. The average molecular weight is 581 g/mol. The molecule has 5 rings (SSSR count). The molecule has 10 heteroatoms. The molecule has 1 fully saturated rings. The summed E-state index contributed by atoms with van der Waals surface area (Å²) in [7, 11) is 0. The van der Waals surface area contributed by atoms with Gasteiger partial charge in [0.2, 0.25) is 0 Å². The highest BCUT2D eigenvalue weighted by Crippen LogP contribution is 2.37. The Kier molecular flexibility index (Phi) is 7.44. The Bertz CT molecular complexity index is 1520. The van der Waals surface area contributed by atoms with Crippen molar-refractivity contribution >= 4 is 46.3 Å². The minimum absolute atomic E-state index is 0.182. The summed E-state index contributed by atoms with van der Waals surface area (Å²) in [6.45, 7) is 12.6. The monoisotopic (exact) mass is 580 g/mol. The molecular formula is C31H37ClN4O5. The van der Waals surface area contributed by atoms with Crippen LogP contribution in [0, 0.1) is 0 Å². The van der Waals surface area contributed by atoms with Crippen molar-refractivity contribution in [2.45, 2.75) is 78.2 Å². The molecular weight excluding hydrogens is 544 g/mol. The molecule has 0 radical (unpaired) electrons. The number of likely N-dealkylation sites (tertiary alicyclic amines) is 1. The number of rotatable bonds is 3. The molecule has 0 spiro atoms. The Morgan fingerprint density at radius 1 is 0.951 bits per heavy atom. The van der Waals surface area contributed by atoms with E-state index >= 15 is 0 Å². The van der Waals surface area contributed by atoms with Gasteiger partial charge in [0.25, 0.3) is 5.91 Å². The van der Waals surface area contributed by atoms with Gasteiger partial charge in [-0.2, -0.15) is 0 Å². The van der Waals surface area contributed by atoms with Crippen LogP contribution in [0.2, 0.25) is 5.02 Å². The van der Waals surface area contributed by atoms with E-state index in [4.69, 9.17) is 21.1 Å². The van der Waals surface area contributed by atoms with Crippen LogP contribution in [0.5, 0.6) is 0 Å². The number of ether oxygens (including phenoxy) is 2. The predicted molar refractivity (Wildman–Crippen MR) is 160 cm³/mol. The van der Waals surface area contributed by atoms with Gasteiger partial charge >= 0.3 is 12.2 Å². The highest BCUT2D eigenvalue weighted by molar-refractivity contribution is 6.32. The molecule has 2 aromatic carbocycles. The van der Waals surface area contributed by atoms with E-state index in [1.54, 1.807) is 17.0 Å². The number of carbonyl (C=O) groups excluding carboxylic acids is 3. The molecule has 0 bridgehead atoms. The second-order valence-electron chi connectivity index (χ2n) is 12.6. The zero-order valence-electron chi connectivity index (χ0n) is 24.4. The summed E-state index contributed by atoms with van der Waals surface area (Å²) in [6, 6.07) is 11.4. The molecule has 218 valence electrons. The largest absolute Gasteiger partial charge is 0.444 e. The fraction of sp³-hybridized carbons (Fsp3) is 0.452.